The first-order valence-corrected chi connectivity index (χ1v) is 6.30. The van der Waals surface area contributed by atoms with Crippen LogP contribution in [0.5, 0.6) is 0 Å². The van der Waals surface area contributed by atoms with Crippen molar-refractivity contribution in [2.75, 3.05) is 26.2 Å². The first kappa shape index (κ1) is 13.5. The van der Waals surface area contributed by atoms with E-state index in [-0.39, 0.29) is 11.8 Å². The van der Waals surface area contributed by atoms with Crippen LogP contribution in [0.1, 0.15) is 23.0 Å². The number of hydrogen-bond donors (Lipinski definition) is 1. The standard InChI is InChI=1S/C13H18N4O2/c1-10-3-4-12(9-14-10)13(19)15-17-7-5-16(6-8-17)11(2)18/h3-4,9H,5-8H2,1-2H3,(H,15,19). The average Bonchev–Trinajstić information content (AvgIpc) is 2.40. The molecule has 0 bridgehead atoms. The molecule has 6 heteroatoms. The number of piperazine rings is 1. The van der Waals surface area contributed by atoms with Crippen molar-refractivity contribution >= 4 is 11.8 Å². The molecule has 0 unspecified atom stereocenters. The third-order valence-corrected chi connectivity index (χ3v) is 3.16. The first-order valence-electron chi connectivity index (χ1n) is 6.30. The van der Waals surface area contributed by atoms with Crippen molar-refractivity contribution in [3.8, 4) is 0 Å². The molecule has 1 fully saturated rings. The molecule has 2 amide bonds. The predicted molar refractivity (Wildman–Crippen MR) is 70.3 cm³/mol. The number of pyridine rings is 1. The van der Waals surface area contributed by atoms with E-state index in [2.05, 4.69) is 10.4 Å². The summed E-state index contributed by atoms with van der Waals surface area (Å²) in [5.41, 5.74) is 4.25. The molecule has 2 rings (SSSR count). The van der Waals surface area contributed by atoms with Crippen molar-refractivity contribution in [2.24, 2.45) is 0 Å². The molecule has 1 aromatic heterocycles. The second kappa shape index (κ2) is 5.79. The van der Waals surface area contributed by atoms with Crippen LogP contribution in [0.4, 0.5) is 0 Å². The summed E-state index contributed by atoms with van der Waals surface area (Å²) in [7, 11) is 0. The molecule has 0 aliphatic carbocycles. The molecule has 1 aromatic rings. The van der Waals surface area contributed by atoms with Gasteiger partial charge in [0.2, 0.25) is 5.91 Å². The van der Waals surface area contributed by atoms with Gasteiger partial charge in [-0.05, 0) is 19.1 Å². The van der Waals surface area contributed by atoms with Gasteiger partial charge in [-0.3, -0.25) is 20.0 Å². The fourth-order valence-electron chi connectivity index (χ4n) is 1.94. The SMILES string of the molecule is CC(=O)N1CCN(NC(=O)c2ccc(C)nc2)CC1. The number of hydrazine groups is 1. The van der Waals surface area contributed by atoms with E-state index in [1.54, 1.807) is 24.1 Å². The van der Waals surface area contributed by atoms with E-state index < -0.39 is 0 Å². The molecule has 1 N–H and O–H groups in total. The molecule has 6 nitrogen and oxygen atoms in total. The van der Waals surface area contributed by atoms with E-state index >= 15 is 0 Å². The van der Waals surface area contributed by atoms with Gasteiger partial charge in [0.25, 0.3) is 5.91 Å². The molecular weight excluding hydrogens is 244 g/mol. The molecular formula is C13H18N4O2. The zero-order valence-corrected chi connectivity index (χ0v) is 11.2. The number of rotatable bonds is 2. The third kappa shape index (κ3) is 3.51. The Bertz CT molecular complexity index is 464. The molecule has 2 heterocycles. The largest absolute Gasteiger partial charge is 0.340 e. The molecule has 0 aromatic carbocycles. The van der Waals surface area contributed by atoms with E-state index in [1.165, 1.54) is 0 Å². The van der Waals surface area contributed by atoms with Gasteiger partial charge in [-0.15, -0.1) is 0 Å². The van der Waals surface area contributed by atoms with E-state index in [1.807, 2.05) is 18.0 Å². The third-order valence-electron chi connectivity index (χ3n) is 3.16. The van der Waals surface area contributed by atoms with Crippen LogP contribution in [-0.2, 0) is 4.79 Å². The number of nitrogens with one attached hydrogen (secondary N) is 1. The van der Waals surface area contributed by atoms with Crippen molar-refractivity contribution in [2.45, 2.75) is 13.8 Å². The second-order valence-electron chi connectivity index (χ2n) is 4.62. The van der Waals surface area contributed by atoms with E-state index in [4.69, 9.17) is 0 Å². The van der Waals surface area contributed by atoms with Gasteiger partial charge in [-0.25, -0.2) is 5.01 Å². The molecule has 0 radical (unpaired) electrons. The van der Waals surface area contributed by atoms with E-state index in [9.17, 15) is 9.59 Å². The van der Waals surface area contributed by atoms with Crippen molar-refractivity contribution in [3.63, 3.8) is 0 Å². The van der Waals surface area contributed by atoms with Crippen molar-refractivity contribution in [1.82, 2.24) is 20.3 Å². The number of carbonyl (C=O) groups is 2. The van der Waals surface area contributed by atoms with Crippen molar-refractivity contribution in [3.05, 3.63) is 29.6 Å². The second-order valence-corrected chi connectivity index (χ2v) is 4.62. The average molecular weight is 262 g/mol. The highest BCUT2D eigenvalue weighted by Gasteiger charge is 2.20. The van der Waals surface area contributed by atoms with Crippen LogP contribution in [0.15, 0.2) is 18.3 Å². The van der Waals surface area contributed by atoms with Gasteiger partial charge in [0.1, 0.15) is 0 Å². The highest BCUT2D eigenvalue weighted by Crippen LogP contribution is 2.02. The van der Waals surface area contributed by atoms with Crippen LogP contribution in [0.2, 0.25) is 0 Å². The summed E-state index contributed by atoms with van der Waals surface area (Å²) < 4.78 is 0. The predicted octanol–water partition coefficient (Wildman–Crippen LogP) is 0.199. The van der Waals surface area contributed by atoms with E-state index in [0.29, 0.717) is 31.7 Å². The zero-order valence-electron chi connectivity index (χ0n) is 11.2. The Kier molecular flexibility index (Phi) is 4.11. The molecule has 19 heavy (non-hydrogen) atoms. The lowest BCUT2D eigenvalue weighted by Gasteiger charge is -2.34. The quantitative estimate of drug-likeness (QED) is 0.827. The lowest BCUT2D eigenvalue weighted by molar-refractivity contribution is -0.130. The highest BCUT2D eigenvalue weighted by atomic mass is 16.2. The fraction of sp³-hybridized carbons (Fsp3) is 0.462. The number of aryl methyl sites for hydroxylation is 1. The Balaban J connectivity index is 1.87. The van der Waals surface area contributed by atoms with Gasteiger partial charge in [-0.2, -0.15) is 0 Å². The normalized spacial score (nSPS) is 16.2. The van der Waals surface area contributed by atoms with E-state index in [0.717, 1.165) is 5.69 Å². The van der Waals surface area contributed by atoms with Gasteiger partial charge < -0.3 is 4.90 Å². The summed E-state index contributed by atoms with van der Waals surface area (Å²) in [5.74, 6) is -0.0857. The highest BCUT2D eigenvalue weighted by molar-refractivity contribution is 5.93. The van der Waals surface area contributed by atoms with Gasteiger partial charge in [-0.1, -0.05) is 0 Å². The topological polar surface area (TPSA) is 65.5 Å². The minimum Gasteiger partial charge on any atom is -0.340 e. The van der Waals surface area contributed by atoms with Crippen LogP contribution < -0.4 is 5.43 Å². The molecule has 0 spiro atoms. The fourth-order valence-corrected chi connectivity index (χ4v) is 1.94. The first-order chi connectivity index (χ1) is 9.06. The number of amides is 2. The van der Waals surface area contributed by atoms with Gasteiger partial charge >= 0.3 is 0 Å². The Morgan fingerprint density at radius 3 is 2.42 bits per heavy atom. The van der Waals surface area contributed by atoms with Crippen molar-refractivity contribution in [1.29, 1.82) is 0 Å². The summed E-state index contributed by atoms with van der Waals surface area (Å²) in [4.78, 5) is 29.0. The molecule has 102 valence electrons. The number of carbonyl (C=O) groups excluding carboxylic acids is 2. The number of hydrogen-bond acceptors (Lipinski definition) is 4. The Labute approximate surface area is 112 Å². The Morgan fingerprint density at radius 2 is 1.89 bits per heavy atom. The summed E-state index contributed by atoms with van der Waals surface area (Å²) in [6, 6.07) is 3.56. The maximum absolute atomic E-state index is 12.0. The molecule has 0 atom stereocenters. The zero-order chi connectivity index (χ0) is 13.8. The molecule has 1 saturated heterocycles. The number of nitrogens with zero attached hydrogens (tertiary/aromatic N) is 3. The molecule has 0 saturated carbocycles. The van der Waals surface area contributed by atoms with Crippen molar-refractivity contribution < 1.29 is 9.59 Å². The Hall–Kier alpha value is -1.95. The van der Waals surface area contributed by atoms with Crippen LogP contribution in [0.3, 0.4) is 0 Å². The molecule has 1 aliphatic heterocycles. The van der Waals surface area contributed by atoms with Crippen LogP contribution >= 0.6 is 0 Å². The van der Waals surface area contributed by atoms with Crippen LogP contribution in [0.25, 0.3) is 0 Å². The van der Waals surface area contributed by atoms with Crippen LogP contribution in [0, 0.1) is 6.92 Å². The van der Waals surface area contributed by atoms with Gasteiger partial charge in [0, 0.05) is 45.0 Å². The lowest BCUT2D eigenvalue weighted by atomic mass is 10.2. The minimum absolute atomic E-state index is 0.0775. The summed E-state index contributed by atoms with van der Waals surface area (Å²) in [6.45, 7) is 6.01. The summed E-state index contributed by atoms with van der Waals surface area (Å²) in [5, 5.41) is 1.83. The summed E-state index contributed by atoms with van der Waals surface area (Å²) >= 11 is 0. The maximum Gasteiger partial charge on any atom is 0.267 e. The van der Waals surface area contributed by atoms with Gasteiger partial charge in [0.15, 0.2) is 0 Å². The lowest BCUT2D eigenvalue weighted by Crippen LogP contribution is -2.54. The Morgan fingerprint density at radius 1 is 1.21 bits per heavy atom. The molecule has 1 aliphatic rings. The van der Waals surface area contributed by atoms with Gasteiger partial charge in [0.05, 0.1) is 5.56 Å². The monoisotopic (exact) mass is 262 g/mol. The summed E-state index contributed by atoms with van der Waals surface area (Å²) in [6.07, 6.45) is 1.57. The minimum atomic E-state index is -0.163. The maximum atomic E-state index is 12.0. The number of aromatic nitrogens is 1. The van der Waals surface area contributed by atoms with Crippen LogP contribution in [-0.4, -0.2) is 52.9 Å². The smallest absolute Gasteiger partial charge is 0.267 e.